The van der Waals surface area contributed by atoms with E-state index < -0.39 is 17.8 Å². The number of carbonyl (C=O) groups excluding carboxylic acids is 1. The Kier molecular flexibility index (Phi) is 6.14. The number of anilines is 1. The fourth-order valence-electron chi connectivity index (χ4n) is 3.08. The Morgan fingerprint density at radius 3 is 2.76 bits per heavy atom. The number of benzene rings is 1. The van der Waals surface area contributed by atoms with Gasteiger partial charge in [-0.2, -0.15) is 18.2 Å². The van der Waals surface area contributed by atoms with Crippen LogP contribution in [-0.4, -0.2) is 24.2 Å². The molecule has 0 bridgehead atoms. The van der Waals surface area contributed by atoms with Crippen molar-refractivity contribution in [1.82, 2.24) is 10.3 Å². The summed E-state index contributed by atoms with van der Waals surface area (Å²) in [6.07, 6.45) is -3.20. The second kappa shape index (κ2) is 8.59. The minimum absolute atomic E-state index is 0.151. The number of halogens is 3. The molecule has 9 heteroatoms. The molecule has 1 aliphatic heterocycles. The van der Waals surface area contributed by atoms with Gasteiger partial charge in [0.1, 0.15) is 11.6 Å². The van der Waals surface area contributed by atoms with Crippen molar-refractivity contribution < 1.29 is 27.4 Å². The van der Waals surface area contributed by atoms with Gasteiger partial charge in [0.15, 0.2) is 0 Å². The Bertz CT molecular complexity index is 887. The smallest absolute Gasteiger partial charge is 0.416 e. The summed E-state index contributed by atoms with van der Waals surface area (Å²) in [5.41, 5.74) is 0.996. The molecule has 0 unspecified atom stereocenters. The maximum absolute atomic E-state index is 13.1. The van der Waals surface area contributed by atoms with Gasteiger partial charge in [0.25, 0.3) is 0 Å². The molecule has 0 saturated heterocycles. The number of rotatable bonds is 5. The maximum atomic E-state index is 13.1. The van der Waals surface area contributed by atoms with Gasteiger partial charge in [0, 0.05) is 18.1 Å². The van der Waals surface area contributed by atoms with Crippen molar-refractivity contribution >= 4 is 11.8 Å². The number of carbonyl (C=O) groups is 1. The lowest BCUT2D eigenvalue weighted by atomic mass is 9.97. The Balaban J connectivity index is 1.77. The number of hydrogen-bond acceptors (Lipinski definition) is 4. The molecule has 1 aromatic heterocycles. The summed E-state index contributed by atoms with van der Waals surface area (Å²) in [6, 6.07) is 6.39. The summed E-state index contributed by atoms with van der Waals surface area (Å²) >= 11 is 0. The van der Waals surface area contributed by atoms with E-state index in [0.717, 1.165) is 29.7 Å². The fraction of sp³-hybridized carbons (Fsp3) is 0.400. The molecule has 156 valence electrons. The monoisotopic (exact) mass is 409 g/mol. The van der Waals surface area contributed by atoms with Crippen LogP contribution in [-0.2, 0) is 12.6 Å². The van der Waals surface area contributed by atoms with E-state index in [0.29, 0.717) is 18.8 Å². The predicted octanol–water partition coefficient (Wildman–Crippen LogP) is 4.71. The van der Waals surface area contributed by atoms with Gasteiger partial charge in [0.05, 0.1) is 24.8 Å². The third-order valence-corrected chi connectivity index (χ3v) is 4.49. The highest BCUT2D eigenvalue weighted by Crippen LogP contribution is 2.34. The molecule has 0 aliphatic carbocycles. The summed E-state index contributed by atoms with van der Waals surface area (Å²) in [7, 11) is 0. The number of nitrogens with one attached hydrogen (secondary N) is 2. The number of fused-ring (bicyclic) bond motifs is 1. The molecular formula is C20H22F3N3O3. The van der Waals surface area contributed by atoms with Gasteiger partial charge in [-0.3, -0.25) is 5.32 Å². The Hall–Kier alpha value is -2.97. The molecule has 2 heterocycles. The Morgan fingerprint density at radius 2 is 2.07 bits per heavy atom. The predicted molar refractivity (Wildman–Crippen MR) is 101 cm³/mol. The second-order valence-corrected chi connectivity index (χ2v) is 6.52. The van der Waals surface area contributed by atoms with Gasteiger partial charge < -0.3 is 14.8 Å². The van der Waals surface area contributed by atoms with E-state index in [2.05, 4.69) is 15.6 Å². The van der Waals surface area contributed by atoms with E-state index in [-0.39, 0.29) is 24.3 Å². The van der Waals surface area contributed by atoms with Crippen LogP contribution in [0.2, 0.25) is 0 Å². The third-order valence-electron chi connectivity index (χ3n) is 4.49. The average Bonchev–Trinajstić information content (AvgIpc) is 2.67. The molecule has 1 aliphatic rings. The fourth-order valence-corrected chi connectivity index (χ4v) is 3.08. The number of aryl methyl sites for hydroxylation is 1. The van der Waals surface area contributed by atoms with E-state index in [1.54, 1.807) is 6.92 Å². The van der Waals surface area contributed by atoms with E-state index in [9.17, 15) is 18.0 Å². The zero-order chi connectivity index (χ0) is 21.0. The quantitative estimate of drug-likeness (QED) is 0.751. The summed E-state index contributed by atoms with van der Waals surface area (Å²) < 4.78 is 50.0. The van der Waals surface area contributed by atoms with Crippen molar-refractivity contribution in [2.75, 3.05) is 18.5 Å². The Morgan fingerprint density at radius 1 is 1.28 bits per heavy atom. The number of alkyl halides is 3. The van der Waals surface area contributed by atoms with Crippen LogP contribution in [0.25, 0.3) is 0 Å². The summed E-state index contributed by atoms with van der Waals surface area (Å²) in [5, 5.41) is 5.17. The molecule has 1 aromatic carbocycles. The van der Waals surface area contributed by atoms with Crippen molar-refractivity contribution in [3.05, 3.63) is 47.0 Å². The molecule has 0 radical (unpaired) electrons. The average molecular weight is 409 g/mol. The highest BCUT2D eigenvalue weighted by atomic mass is 19.4. The molecular weight excluding hydrogens is 387 g/mol. The van der Waals surface area contributed by atoms with E-state index >= 15 is 0 Å². The minimum atomic E-state index is -4.59. The van der Waals surface area contributed by atoms with Crippen molar-refractivity contribution in [3.63, 3.8) is 0 Å². The van der Waals surface area contributed by atoms with Gasteiger partial charge in [-0.25, -0.2) is 4.79 Å². The lowest BCUT2D eigenvalue weighted by Gasteiger charge is -2.27. The number of aromatic nitrogens is 1. The van der Waals surface area contributed by atoms with E-state index in [4.69, 9.17) is 9.47 Å². The normalized spacial score (nSPS) is 15.8. The number of hydrogen-bond donors (Lipinski definition) is 2. The minimum Gasteiger partial charge on any atom is -0.493 e. The van der Waals surface area contributed by atoms with Crippen molar-refractivity contribution in [1.29, 1.82) is 0 Å². The highest BCUT2D eigenvalue weighted by molar-refractivity contribution is 5.88. The first-order chi connectivity index (χ1) is 13.8. The molecule has 2 aromatic rings. The largest absolute Gasteiger partial charge is 0.493 e. The van der Waals surface area contributed by atoms with Crippen molar-refractivity contribution in [3.8, 4) is 11.6 Å². The topological polar surface area (TPSA) is 72.5 Å². The molecule has 0 fully saturated rings. The molecule has 2 amide bonds. The number of urea groups is 1. The number of pyridine rings is 1. The molecule has 2 N–H and O–H groups in total. The first kappa shape index (κ1) is 20.8. The van der Waals surface area contributed by atoms with Gasteiger partial charge in [-0.05, 0) is 31.0 Å². The van der Waals surface area contributed by atoms with Crippen molar-refractivity contribution in [2.24, 2.45) is 0 Å². The molecule has 3 rings (SSSR count). The third kappa shape index (κ3) is 5.10. The molecule has 6 nitrogen and oxygen atoms in total. The van der Waals surface area contributed by atoms with Gasteiger partial charge in [-0.15, -0.1) is 0 Å². The van der Waals surface area contributed by atoms with Crippen LogP contribution in [0.5, 0.6) is 11.6 Å². The maximum Gasteiger partial charge on any atom is 0.416 e. The molecule has 0 spiro atoms. The number of ether oxygens (including phenoxy) is 2. The van der Waals surface area contributed by atoms with Crippen LogP contribution >= 0.6 is 0 Å². The van der Waals surface area contributed by atoms with Gasteiger partial charge in [-0.1, -0.05) is 19.1 Å². The Labute approximate surface area is 166 Å². The van der Waals surface area contributed by atoms with E-state index in [1.165, 1.54) is 0 Å². The molecule has 29 heavy (non-hydrogen) atoms. The van der Waals surface area contributed by atoms with Crippen molar-refractivity contribution in [2.45, 2.75) is 38.9 Å². The SMILES string of the molecule is CCOc1cc(C(F)(F)F)cc(NC(=O)N[C@H]2CCOc3ccc(CC)cc32)n1. The molecule has 1 atom stereocenters. The number of amides is 2. The molecule has 0 saturated carbocycles. The van der Waals surface area contributed by atoms with Crippen LogP contribution < -0.4 is 20.1 Å². The van der Waals surface area contributed by atoms with Gasteiger partial charge >= 0.3 is 12.2 Å². The first-order valence-electron chi connectivity index (χ1n) is 9.35. The lowest BCUT2D eigenvalue weighted by Crippen LogP contribution is -2.35. The standard InChI is InChI=1S/C20H22F3N3O3/c1-3-12-5-6-16-14(9-12)15(7-8-29-16)24-19(27)26-17-10-13(20(21,22)23)11-18(25-17)28-4-2/h5-6,9-11,15H,3-4,7-8H2,1-2H3,(H2,24,25,26,27)/t15-/m0/s1. The van der Waals surface area contributed by atoms with E-state index in [1.807, 2.05) is 25.1 Å². The summed E-state index contributed by atoms with van der Waals surface area (Å²) in [6.45, 7) is 4.24. The summed E-state index contributed by atoms with van der Waals surface area (Å²) in [4.78, 5) is 16.4. The first-order valence-corrected chi connectivity index (χ1v) is 9.35. The zero-order valence-electron chi connectivity index (χ0n) is 16.1. The van der Waals surface area contributed by atoms with Gasteiger partial charge in [0.2, 0.25) is 5.88 Å². The lowest BCUT2D eigenvalue weighted by molar-refractivity contribution is -0.137. The van der Waals surface area contributed by atoms with Crippen LogP contribution in [0.1, 0.15) is 43.0 Å². The van der Waals surface area contributed by atoms with Crippen LogP contribution in [0.4, 0.5) is 23.8 Å². The zero-order valence-corrected chi connectivity index (χ0v) is 16.1. The number of nitrogens with zero attached hydrogens (tertiary/aromatic N) is 1. The highest BCUT2D eigenvalue weighted by Gasteiger charge is 2.32. The van der Waals surface area contributed by atoms with Crippen LogP contribution in [0.3, 0.4) is 0 Å². The van der Waals surface area contributed by atoms with Crippen LogP contribution in [0.15, 0.2) is 30.3 Å². The second-order valence-electron chi connectivity index (χ2n) is 6.52. The van der Waals surface area contributed by atoms with Crippen LogP contribution in [0, 0.1) is 0 Å². The summed E-state index contributed by atoms with van der Waals surface area (Å²) in [5.74, 6) is 0.242.